The lowest BCUT2D eigenvalue weighted by Crippen LogP contribution is -2.21. The minimum absolute atomic E-state index is 0. The van der Waals surface area contributed by atoms with Crippen LogP contribution < -0.4 is 10.5 Å². The summed E-state index contributed by atoms with van der Waals surface area (Å²) in [5, 5.41) is 0. The van der Waals surface area contributed by atoms with Crippen molar-refractivity contribution in [2.75, 3.05) is 7.11 Å². The lowest BCUT2D eigenvalue weighted by Gasteiger charge is -2.20. The van der Waals surface area contributed by atoms with E-state index in [2.05, 4.69) is 0 Å². The van der Waals surface area contributed by atoms with Crippen LogP contribution in [0.25, 0.3) is 0 Å². The summed E-state index contributed by atoms with van der Waals surface area (Å²) in [7, 11) is 1.34. The first-order chi connectivity index (χ1) is 7.52. The fourth-order valence-corrected chi connectivity index (χ4v) is 1.55. The smallest absolute Gasteiger partial charge is 0.172 e. The van der Waals surface area contributed by atoms with E-state index in [0.717, 1.165) is 6.42 Å². The van der Waals surface area contributed by atoms with Gasteiger partial charge in [-0.15, -0.1) is 12.4 Å². The van der Waals surface area contributed by atoms with Crippen molar-refractivity contribution < 1.29 is 13.5 Å². The molecule has 17 heavy (non-hydrogen) atoms. The van der Waals surface area contributed by atoms with Gasteiger partial charge in [0.15, 0.2) is 11.6 Å². The molecule has 5 heteroatoms. The Morgan fingerprint density at radius 2 is 1.94 bits per heavy atom. The molecule has 0 aliphatic rings. The van der Waals surface area contributed by atoms with Crippen LogP contribution in [-0.4, -0.2) is 7.11 Å². The van der Waals surface area contributed by atoms with E-state index < -0.39 is 17.7 Å². The molecule has 2 atom stereocenters. The number of methoxy groups -OCH3 is 1. The Kier molecular flexibility index (Phi) is 6.42. The average Bonchev–Trinajstić information content (AvgIpc) is 2.28. The first-order valence-corrected chi connectivity index (χ1v) is 5.30. The maximum Gasteiger partial charge on any atom is 0.172 e. The third kappa shape index (κ3) is 3.30. The molecule has 98 valence electrons. The zero-order valence-corrected chi connectivity index (χ0v) is 11.0. The summed E-state index contributed by atoms with van der Waals surface area (Å²) >= 11 is 0. The molecule has 1 rings (SSSR count). The minimum atomic E-state index is -0.699. The Balaban J connectivity index is 0.00000256. The maximum atomic E-state index is 13.8. The van der Waals surface area contributed by atoms with Crippen molar-refractivity contribution in [1.82, 2.24) is 0 Å². The highest BCUT2D eigenvalue weighted by Crippen LogP contribution is 2.31. The van der Waals surface area contributed by atoms with Crippen molar-refractivity contribution in [2.24, 2.45) is 11.7 Å². The zero-order chi connectivity index (χ0) is 12.3. The number of nitrogens with two attached hydrogens (primary N) is 1. The number of ether oxygens (including phenoxy) is 1. The monoisotopic (exact) mass is 265 g/mol. The van der Waals surface area contributed by atoms with Crippen LogP contribution in [0, 0.1) is 17.6 Å². The lowest BCUT2D eigenvalue weighted by molar-refractivity contribution is 0.366. The quantitative estimate of drug-likeness (QED) is 0.905. The largest absolute Gasteiger partial charge is 0.494 e. The highest BCUT2D eigenvalue weighted by atomic mass is 35.5. The molecule has 2 N–H and O–H groups in total. The van der Waals surface area contributed by atoms with Gasteiger partial charge in [0.05, 0.1) is 7.11 Å². The Bertz CT molecular complexity index is 374. The second-order valence-corrected chi connectivity index (χ2v) is 3.89. The van der Waals surface area contributed by atoms with Crippen LogP contribution in [-0.2, 0) is 0 Å². The standard InChI is InChI=1S/C12H17F2NO.ClH/c1-4-7(2)12(15)10-8(13)5-6-9(16-3)11(10)14;/h5-7,12H,4,15H2,1-3H3;1H/t7?,12-;/m0./s1. The molecular formula is C12H18ClF2NO. The molecule has 0 bridgehead atoms. The van der Waals surface area contributed by atoms with Crippen LogP contribution in [0.1, 0.15) is 31.9 Å². The van der Waals surface area contributed by atoms with Crippen LogP contribution in [0.4, 0.5) is 8.78 Å². The van der Waals surface area contributed by atoms with Crippen LogP contribution in [0.15, 0.2) is 12.1 Å². The van der Waals surface area contributed by atoms with Gasteiger partial charge in [-0.25, -0.2) is 8.78 Å². The highest BCUT2D eigenvalue weighted by molar-refractivity contribution is 5.85. The minimum Gasteiger partial charge on any atom is -0.494 e. The molecule has 0 aliphatic heterocycles. The van der Waals surface area contributed by atoms with E-state index in [1.54, 1.807) is 0 Å². The number of halogens is 3. The number of hydrogen-bond acceptors (Lipinski definition) is 2. The van der Waals surface area contributed by atoms with Crippen LogP contribution in [0.3, 0.4) is 0 Å². The Morgan fingerprint density at radius 1 is 1.35 bits per heavy atom. The fraction of sp³-hybridized carbons (Fsp3) is 0.500. The van der Waals surface area contributed by atoms with Gasteiger partial charge in [-0.2, -0.15) is 0 Å². The van der Waals surface area contributed by atoms with Gasteiger partial charge >= 0.3 is 0 Å². The predicted molar refractivity (Wildman–Crippen MR) is 66.5 cm³/mol. The fourth-order valence-electron chi connectivity index (χ4n) is 1.55. The number of hydrogen-bond donors (Lipinski definition) is 1. The first kappa shape index (κ1) is 16.1. The van der Waals surface area contributed by atoms with Gasteiger partial charge in [-0.3, -0.25) is 0 Å². The maximum absolute atomic E-state index is 13.8. The molecule has 0 spiro atoms. The van der Waals surface area contributed by atoms with Gasteiger partial charge in [0.1, 0.15) is 5.82 Å². The zero-order valence-electron chi connectivity index (χ0n) is 10.2. The first-order valence-electron chi connectivity index (χ1n) is 5.30. The van der Waals surface area contributed by atoms with E-state index in [0.29, 0.717) is 0 Å². The van der Waals surface area contributed by atoms with Crippen LogP contribution in [0.5, 0.6) is 5.75 Å². The van der Waals surface area contributed by atoms with Gasteiger partial charge in [0, 0.05) is 11.6 Å². The summed E-state index contributed by atoms with van der Waals surface area (Å²) in [4.78, 5) is 0. The highest BCUT2D eigenvalue weighted by Gasteiger charge is 2.23. The summed E-state index contributed by atoms with van der Waals surface area (Å²) < 4.78 is 32.2. The average molecular weight is 266 g/mol. The molecule has 0 saturated carbocycles. The normalized spacial score (nSPS) is 13.8. The third-order valence-electron chi connectivity index (χ3n) is 2.90. The van der Waals surface area contributed by atoms with Crippen molar-refractivity contribution in [1.29, 1.82) is 0 Å². The van der Waals surface area contributed by atoms with Gasteiger partial charge in [0.2, 0.25) is 0 Å². The Morgan fingerprint density at radius 3 is 2.41 bits per heavy atom. The van der Waals surface area contributed by atoms with Crippen LogP contribution >= 0.6 is 12.4 Å². The molecule has 1 unspecified atom stereocenters. The molecule has 1 aromatic carbocycles. The Hall–Kier alpha value is -0.870. The molecular weight excluding hydrogens is 248 g/mol. The Labute approximate surface area is 107 Å². The van der Waals surface area contributed by atoms with E-state index in [4.69, 9.17) is 10.5 Å². The third-order valence-corrected chi connectivity index (χ3v) is 2.90. The SMILES string of the molecule is CCC(C)[C@H](N)c1c(F)ccc(OC)c1F.Cl. The molecule has 2 nitrogen and oxygen atoms in total. The van der Waals surface area contributed by atoms with Gasteiger partial charge in [0.25, 0.3) is 0 Å². The topological polar surface area (TPSA) is 35.2 Å². The van der Waals surface area contributed by atoms with Crippen molar-refractivity contribution in [3.8, 4) is 5.75 Å². The number of benzene rings is 1. The van der Waals surface area contributed by atoms with Gasteiger partial charge < -0.3 is 10.5 Å². The summed E-state index contributed by atoms with van der Waals surface area (Å²) in [6, 6.07) is 1.79. The van der Waals surface area contributed by atoms with Crippen molar-refractivity contribution in [3.05, 3.63) is 29.3 Å². The summed E-state index contributed by atoms with van der Waals surface area (Å²) in [6.45, 7) is 3.80. The van der Waals surface area contributed by atoms with Gasteiger partial charge in [-0.1, -0.05) is 20.3 Å². The second-order valence-electron chi connectivity index (χ2n) is 3.89. The van der Waals surface area contributed by atoms with E-state index in [-0.39, 0.29) is 29.6 Å². The van der Waals surface area contributed by atoms with E-state index in [1.165, 1.54) is 19.2 Å². The van der Waals surface area contributed by atoms with Crippen molar-refractivity contribution >= 4 is 12.4 Å². The molecule has 0 fully saturated rings. The summed E-state index contributed by atoms with van der Waals surface area (Å²) in [5.74, 6) is -1.28. The lowest BCUT2D eigenvalue weighted by atomic mass is 9.92. The molecule has 1 aromatic rings. The van der Waals surface area contributed by atoms with Crippen molar-refractivity contribution in [3.63, 3.8) is 0 Å². The molecule has 0 aliphatic carbocycles. The van der Waals surface area contributed by atoms with Crippen LogP contribution in [0.2, 0.25) is 0 Å². The molecule has 0 amide bonds. The van der Waals surface area contributed by atoms with E-state index in [1.807, 2.05) is 13.8 Å². The summed E-state index contributed by atoms with van der Waals surface area (Å²) in [6.07, 6.45) is 0.761. The summed E-state index contributed by atoms with van der Waals surface area (Å²) in [5.41, 5.74) is 5.75. The van der Waals surface area contributed by atoms with Crippen molar-refractivity contribution in [2.45, 2.75) is 26.3 Å². The van der Waals surface area contributed by atoms with E-state index >= 15 is 0 Å². The van der Waals surface area contributed by atoms with Gasteiger partial charge in [-0.05, 0) is 18.1 Å². The molecule has 0 saturated heterocycles. The van der Waals surface area contributed by atoms with E-state index in [9.17, 15) is 8.78 Å². The molecule has 0 aromatic heterocycles. The predicted octanol–water partition coefficient (Wildman–Crippen LogP) is 3.44. The molecule has 0 heterocycles. The second kappa shape index (κ2) is 6.77. The number of rotatable bonds is 4. The molecule has 0 radical (unpaired) electrons.